The van der Waals surface area contributed by atoms with E-state index >= 15 is 0 Å². The van der Waals surface area contributed by atoms with Gasteiger partial charge in [0.1, 0.15) is 17.3 Å². The van der Waals surface area contributed by atoms with E-state index in [0.717, 1.165) is 11.8 Å². The van der Waals surface area contributed by atoms with Crippen LogP contribution in [0.1, 0.15) is 15.9 Å². The van der Waals surface area contributed by atoms with Gasteiger partial charge < -0.3 is 4.74 Å². The zero-order chi connectivity index (χ0) is 16.2. The summed E-state index contributed by atoms with van der Waals surface area (Å²) in [5.41, 5.74) is 1.27. The number of carbonyl (C=O) groups is 1. The van der Waals surface area contributed by atoms with E-state index in [1.54, 1.807) is 6.07 Å². The number of hydrogen-bond acceptors (Lipinski definition) is 4. The molecule has 0 fully saturated rings. The van der Waals surface area contributed by atoms with E-state index in [1.165, 1.54) is 12.1 Å². The predicted molar refractivity (Wildman–Crippen MR) is 88.5 cm³/mol. The molecule has 0 aromatic heterocycles. The lowest BCUT2D eigenvalue weighted by Crippen LogP contribution is -2.07. The number of halogens is 1. The van der Waals surface area contributed by atoms with E-state index in [0.29, 0.717) is 5.56 Å². The van der Waals surface area contributed by atoms with Gasteiger partial charge in [-0.2, -0.15) is 0 Å². The van der Waals surface area contributed by atoms with Crippen LogP contribution in [0.15, 0.2) is 53.4 Å². The van der Waals surface area contributed by atoms with Crippen molar-refractivity contribution in [3.8, 4) is 5.75 Å². The lowest BCUT2D eigenvalue weighted by atomic mass is 10.1. The molecular weight excluding hydrogens is 368 g/mol. The third-order valence-corrected chi connectivity index (χ3v) is 4.65. The van der Waals surface area contributed by atoms with E-state index in [4.69, 9.17) is 4.74 Å². The number of ketones is 1. The van der Waals surface area contributed by atoms with Crippen LogP contribution in [0, 0.1) is 0 Å². The average Bonchev–Trinajstić information content (AvgIpc) is 2.52. The molecule has 0 unspecified atom stereocenters. The molecule has 0 heterocycles. The maximum atomic E-state index is 11.9. The van der Waals surface area contributed by atoms with Gasteiger partial charge in [0, 0.05) is 11.8 Å². The summed E-state index contributed by atoms with van der Waals surface area (Å²) in [6.07, 6.45) is 1.10. The van der Waals surface area contributed by atoms with Crippen molar-refractivity contribution in [3.63, 3.8) is 0 Å². The number of benzene rings is 2. The molecule has 0 saturated heterocycles. The zero-order valence-electron chi connectivity index (χ0n) is 12.0. The van der Waals surface area contributed by atoms with Crippen molar-refractivity contribution in [2.75, 3.05) is 11.6 Å². The Hall–Kier alpha value is -1.66. The van der Waals surface area contributed by atoms with Gasteiger partial charge in [-0.15, -0.1) is 0 Å². The number of rotatable bonds is 6. The van der Waals surface area contributed by atoms with Gasteiger partial charge in [-0.05, 0) is 23.8 Å². The quantitative estimate of drug-likeness (QED) is 0.568. The molecule has 0 saturated carbocycles. The molecule has 0 amide bonds. The highest BCUT2D eigenvalue weighted by atomic mass is 79.9. The summed E-state index contributed by atoms with van der Waals surface area (Å²) in [7, 11) is -3.49. The highest BCUT2D eigenvalue weighted by Crippen LogP contribution is 2.26. The predicted octanol–water partition coefficient (Wildman–Crippen LogP) is 3.25. The van der Waals surface area contributed by atoms with Crippen molar-refractivity contribution in [2.45, 2.75) is 11.5 Å². The van der Waals surface area contributed by atoms with E-state index in [9.17, 15) is 13.2 Å². The minimum Gasteiger partial charge on any atom is -0.488 e. The van der Waals surface area contributed by atoms with Crippen LogP contribution in [0.2, 0.25) is 0 Å². The minimum atomic E-state index is -3.49. The highest BCUT2D eigenvalue weighted by molar-refractivity contribution is 9.09. The summed E-state index contributed by atoms with van der Waals surface area (Å²) in [6.45, 7) is 0.259. The normalized spacial score (nSPS) is 11.2. The summed E-state index contributed by atoms with van der Waals surface area (Å²) in [4.78, 5) is 11.7. The van der Waals surface area contributed by atoms with Gasteiger partial charge >= 0.3 is 0 Å². The van der Waals surface area contributed by atoms with Crippen molar-refractivity contribution in [3.05, 3.63) is 59.7 Å². The average molecular weight is 383 g/mol. The van der Waals surface area contributed by atoms with Crippen LogP contribution in [0.3, 0.4) is 0 Å². The molecular formula is C16H15BrO4S. The molecule has 0 spiro atoms. The van der Waals surface area contributed by atoms with Crippen LogP contribution in [0.25, 0.3) is 0 Å². The molecule has 0 aliphatic rings. The summed E-state index contributed by atoms with van der Waals surface area (Å²) in [5, 5.41) is 0.139. The van der Waals surface area contributed by atoms with Crippen LogP contribution >= 0.6 is 15.9 Å². The molecule has 2 aromatic carbocycles. The number of carbonyl (C=O) groups excluding carboxylic acids is 1. The van der Waals surface area contributed by atoms with Crippen molar-refractivity contribution < 1.29 is 17.9 Å². The second kappa shape index (κ2) is 7.07. The highest BCUT2D eigenvalue weighted by Gasteiger charge is 2.17. The summed E-state index contributed by atoms with van der Waals surface area (Å²) in [6, 6.07) is 13.9. The van der Waals surface area contributed by atoms with Crippen LogP contribution < -0.4 is 4.74 Å². The van der Waals surface area contributed by atoms with Gasteiger partial charge in [0.2, 0.25) is 0 Å². The summed E-state index contributed by atoms with van der Waals surface area (Å²) >= 11 is 3.08. The van der Waals surface area contributed by atoms with E-state index < -0.39 is 9.84 Å². The first-order valence-corrected chi connectivity index (χ1v) is 9.53. The topological polar surface area (TPSA) is 60.4 Å². The van der Waals surface area contributed by atoms with Crippen molar-refractivity contribution >= 4 is 31.6 Å². The van der Waals surface area contributed by atoms with Gasteiger partial charge in [0.25, 0.3) is 0 Å². The van der Waals surface area contributed by atoms with Gasteiger partial charge in [-0.25, -0.2) is 8.42 Å². The first-order chi connectivity index (χ1) is 10.4. The number of ether oxygens (including phenoxy) is 1. The summed E-state index contributed by atoms with van der Waals surface area (Å²) in [5.74, 6) is 0.0667. The Labute approximate surface area is 138 Å². The molecule has 116 valence electrons. The third-order valence-electron chi connectivity index (χ3n) is 3.02. The molecule has 0 radical (unpaired) electrons. The lowest BCUT2D eigenvalue weighted by Gasteiger charge is -2.11. The number of hydrogen-bond donors (Lipinski definition) is 0. The fourth-order valence-corrected chi connectivity index (χ4v) is 3.06. The van der Waals surface area contributed by atoms with Gasteiger partial charge in [-0.1, -0.05) is 46.3 Å². The molecule has 4 nitrogen and oxygen atoms in total. The fraction of sp³-hybridized carbons (Fsp3) is 0.188. The van der Waals surface area contributed by atoms with Crippen LogP contribution in [0.4, 0.5) is 0 Å². The first kappa shape index (κ1) is 16.7. The SMILES string of the molecule is CS(=O)(=O)c1cc(C(=O)CBr)ccc1OCc1ccccc1. The smallest absolute Gasteiger partial charge is 0.179 e. The maximum absolute atomic E-state index is 11.9. The molecule has 0 aliphatic carbocycles. The van der Waals surface area contributed by atoms with Gasteiger partial charge in [0.05, 0.1) is 5.33 Å². The Kier molecular flexibility index (Phi) is 5.37. The Morgan fingerprint density at radius 2 is 1.82 bits per heavy atom. The van der Waals surface area contributed by atoms with Crippen LogP contribution in [-0.2, 0) is 16.4 Å². The second-order valence-corrected chi connectivity index (χ2v) is 7.31. The van der Waals surface area contributed by atoms with Crippen molar-refractivity contribution in [1.82, 2.24) is 0 Å². The van der Waals surface area contributed by atoms with Gasteiger partial charge in [0.15, 0.2) is 15.6 Å². The zero-order valence-corrected chi connectivity index (χ0v) is 14.4. The Morgan fingerprint density at radius 1 is 1.14 bits per heavy atom. The third kappa shape index (κ3) is 4.18. The standard InChI is InChI=1S/C16H15BrO4S/c1-22(19,20)16-9-13(14(18)10-17)7-8-15(16)21-11-12-5-3-2-4-6-12/h2-9H,10-11H2,1H3. The molecule has 22 heavy (non-hydrogen) atoms. The number of sulfone groups is 1. The summed E-state index contributed by atoms with van der Waals surface area (Å²) < 4.78 is 29.5. The molecule has 2 aromatic rings. The van der Waals surface area contributed by atoms with Crippen LogP contribution in [-0.4, -0.2) is 25.8 Å². The van der Waals surface area contributed by atoms with Crippen LogP contribution in [0.5, 0.6) is 5.75 Å². The second-order valence-electron chi connectivity index (χ2n) is 4.76. The number of alkyl halides is 1. The molecule has 0 N–H and O–H groups in total. The lowest BCUT2D eigenvalue weighted by molar-refractivity contribution is 0.102. The Bertz CT molecular complexity index is 770. The van der Waals surface area contributed by atoms with Crippen molar-refractivity contribution in [1.29, 1.82) is 0 Å². The largest absolute Gasteiger partial charge is 0.488 e. The van der Waals surface area contributed by atoms with E-state index in [1.807, 2.05) is 30.3 Å². The molecule has 0 aliphatic heterocycles. The number of Topliss-reactive ketones (excluding diaryl/α,β-unsaturated/α-hetero) is 1. The first-order valence-electron chi connectivity index (χ1n) is 6.52. The monoisotopic (exact) mass is 382 g/mol. The Balaban J connectivity index is 2.32. The maximum Gasteiger partial charge on any atom is 0.179 e. The van der Waals surface area contributed by atoms with E-state index in [2.05, 4.69) is 15.9 Å². The van der Waals surface area contributed by atoms with Gasteiger partial charge in [-0.3, -0.25) is 4.79 Å². The van der Waals surface area contributed by atoms with E-state index in [-0.39, 0.29) is 28.4 Å². The fourth-order valence-electron chi connectivity index (χ4n) is 1.90. The molecule has 6 heteroatoms. The molecule has 0 bridgehead atoms. The Morgan fingerprint density at radius 3 is 2.41 bits per heavy atom. The van der Waals surface area contributed by atoms with Crippen molar-refractivity contribution in [2.24, 2.45) is 0 Å². The molecule has 0 atom stereocenters. The minimum absolute atomic E-state index is 0.0234. The molecule has 2 rings (SSSR count).